The molecule has 0 bridgehead atoms. The maximum atomic E-state index is 9.77. The van der Waals surface area contributed by atoms with Gasteiger partial charge in [0, 0.05) is 6.42 Å². The van der Waals surface area contributed by atoms with Gasteiger partial charge >= 0.3 is 0 Å². The molecular formula is C16H24O3. The molecule has 1 rings (SSSR count). The Morgan fingerprint density at radius 2 is 2.00 bits per heavy atom. The summed E-state index contributed by atoms with van der Waals surface area (Å²) in [5.41, 5.74) is 1.09. The molecule has 1 aromatic rings. The topological polar surface area (TPSA) is 49.7 Å². The predicted octanol–water partition coefficient (Wildman–Crippen LogP) is 2.67. The van der Waals surface area contributed by atoms with Crippen molar-refractivity contribution in [2.24, 2.45) is 0 Å². The molecule has 3 heteroatoms. The van der Waals surface area contributed by atoms with Gasteiger partial charge in [0.15, 0.2) is 0 Å². The summed E-state index contributed by atoms with van der Waals surface area (Å²) in [5.74, 6) is 0. The Balaban J connectivity index is 2.50. The first-order chi connectivity index (χ1) is 9.27. The van der Waals surface area contributed by atoms with Crippen LogP contribution in [0.25, 0.3) is 0 Å². The van der Waals surface area contributed by atoms with Crippen LogP contribution in [0, 0.1) is 0 Å². The minimum absolute atomic E-state index is 0.291. The van der Waals surface area contributed by atoms with Crippen molar-refractivity contribution in [2.45, 2.75) is 44.8 Å². The van der Waals surface area contributed by atoms with Gasteiger partial charge in [0.1, 0.15) is 12.2 Å². The van der Waals surface area contributed by atoms with Crippen LogP contribution in [0.4, 0.5) is 0 Å². The molecule has 0 heterocycles. The Morgan fingerprint density at radius 3 is 2.63 bits per heavy atom. The molecule has 0 radical (unpaired) electrons. The fourth-order valence-corrected chi connectivity index (χ4v) is 1.79. The van der Waals surface area contributed by atoms with Crippen molar-refractivity contribution in [1.29, 1.82) is 0 Å². The van der Waals surface area contributed by atoms with Gasteiger partial charge in [-0.1, -0.05) is 43.7 Å². The van der Waals surface area contributed by atoms with Crippen LogP contribution in [0.1, 0.15) is 31.7 Å². The molecule has 0 saturated carbocycles. The van der Waals surface area contributed by atoms with Gasteiger partial charge in [0.2, 0.25) is 0 Å². The molecular weight excluding hydrogens is 240 g/mol. The van der Waals surface area contributed by atoms with Crippen LogP contribution in [-0.2, 0) is 11.2 Å². The second kappa shape index (κ2) is 9.59. The zero-order valence-electron chi connectivity index (χ0n) is 11.5. The van der Waals surface area contributed by atoms with E-state index in [1.165, 1.54) is 0 Å². The molecule has 2 unspecified atom stereocenters. The molecule has 2 atom stereocenters. The Kier molecular flexibility index (Phi) is 7.94. The van der Waals surface area contributed by atoms with Gasteiger partial charge in [-0.05, 0) is 24.5 Å². The first kappa shape index (κ1) is 15.7. The highest BCUT2D eigenvalue weighted by Gasteiger charge is 2.19. The van der Waals surface area contributed by atoms with Gasteiger partial charge in [-0.3, -0.25) is 0 Å². The smallest absolute Gasteiger partial charge is 0.130 e. The van der Waals surface area contributed by atoms with Crippen molar-refractivity contribution in [3.8, 4) is 0 Å². The van der Waals surface area contributed by atoms with E-state index in [2.05, 4.69) is 6.92 Å². The summed E-state index contributed by atoms with van der Waals surface area (Å²) in [4.78, 5) is 0. The number of unbranched alkanes of at least 4 members (excludes halogenated alkanes) is 2. The van der Waals surface area contributed by atoms with Crippen molar-refractivity contribution in [3.63, 3.8) is 0 Å². The third-order valence-corrected chi connectivity index (χ3v) is 2.97. The number of ether oxygens (including phenoxy) is 1. The quantitative estimate of drug-likeness (QED) is 0.532. The van der Waals surface area contributed by atoms with Crippen LogP contribution in [-0.4, -0.2) is 29.0 Å². The Hall–Kier alpha value is -1.32. The van der Waals surface area contributed by atoms with Crippen molar-refractivity contribution in [1.82, 2.24) is 0 Å². The third kappa shape index (κ3) is 6.41. The van der Waals surface area contributed by atoms with E-state index in [9.17, 15) is 5.11 Å². The van der Waals surface area contributed by atoms with Crippen molar-refractivity contribution >= 4 is 0 Å². The Bertz CT molecular complexity index is 348. The van der Waals surface area contributed by atoms with Crippen LogP contribution in [0.2, 0.25) is 0 Å². The van der Waals surface area contributed by atoms with E-state index in [0.29, 0.717) is 6.42 Å². The number of hydrogen-bond acceptors (Lipinski definition) is 3. The molecule has 0 aliphatic carbocycles. The highest BCUT2D eigenvalue weighted by molar-refractivity contribution is 5.15. The lowest BCUT2D eigenvalue weighted by Gasteiger charge is -2.21. The normalized spacial score (nSPS) is 14.5. The van der Waals surface area contributed by atoms with Crippen LogP contribution in [0.15, 0.2) is 42.7 Å². The third-order valence-electron chi connectivity index (χ3n) is 2.97. The number of aliphatic hydroxyl groups excluding tert-OH is 2. The van der Waals surface area contributed by atoms with Crippen LogP contribution in [0.3, 0.4) is 0 Å². The summed E-state index contributed by atoms with van der Waals surface area (Å²) in [6.45, 7) is 1.85. The van der Waals surface area contributed by atoms with E-state index in [1.807, 2.05) is 36.4 Å². The summed E-state index contributed by atoms with van der Waals surface area (Å²) in [7, 11) is 0. The van der Waals surface area contributed by atoms with Crippen LogP contribution in [0.5, 0.6) is 0 Å². The molecule has 0 amide bonds. The fraction of sp³-hybridized carbons (Fsp3) is 0.500. The molecule has 0 spiro atoms. The SMILES string of the molecule is CCCCC=COC(Cc1ccccc1)C(O)CO. The fourth-order valence-electron chi connectivity index (χ4n) is 1.79. The second-order valence-corrected chi connectivity index (χ2v) is 4.63. The molecule has 2 N–H and O–H groups in total. The van der Waals surface area contributed by atoms with E-state index < -0.39 is 12.2 Å². The molecule has 106 valence electrons. The highest BCUT2D eigenvalue weighted by atomic mass is 16.5. The van der Waals surface area contributed by atoms with Crippen molar-refractivity contribution in [3.05, 3.63) is 48.2 Å². The number of hydrogen-bond donors (Lipinski definition) is 2. The maximum Gasteiger partial charge on any atom is 0.130 e. The predicted molar refractivity (Wildman–Crippen MR) is 76.8 cm³/mol. The minimum atomic E-state index is -0.865. The van der Waals surface area contributed by atoms with Crippen molar-refractivity contribution < 1.29 is 14.9 Å². The number of rotatable bonds is 9. The summed E-state index contributed by atoms with van der Waals surface area (Å²) < 4.78 is 5.55. The Labute approximate surface area is 115 Å². The summed E-state index contributed by atoms with van der Waals surface area (Å²) >= 11 is 0. The van der Waals surface area contributed by atoms with E-state index in [4.69, 9.17) is 9.84 Å². The molecule has 3 nitrogen and oxygen atoms in total. The molecule has 19 heavy (non-hydrogen) atoms. The lowest BCUT2D eigenvalue weighted by Crippen LogP contribution is -2.32. The van der Waals surface area contributed by atoms with Gasteiger partial charge in [-0.2, -0.15) is 0 Å². The Morgan fingerprint density at radius 1 is 1.26 bits per heavy atom. The van der Waals surface area contributed by atoms with E-state index >= 15 is 0 Å². The first-order valence-corrected chi connectivity index (χ1v) is 6.91. The van der Waals surface area contributed by atoms with Crippen LogP contribution < -0.4 is 0 Å². The average Bonchev–Trinajstić information content (AvgIpc) is 2.46. The van der Waals surface area contributed by atoms with E-state index in [0.717, 1.165) is 24.8 Å². The zero-order chi connectivity index (χ0) is 13.9. The number of benzene rings is 1. The zero-order valence-corrected chi connectivity index (χ0v) is 11.5. The van der Waals surface area contributed by atoms with E-state index in [1.54, 1.807) is 6.26 Å². The largest absolute Gasteiger partial charge is 0.495 e. The van der Waals surface area contributed by atoms with Crippen molar-refractivity contribution in [2.75, 3.05) is 6.61 Å². The van der Waals surface area contributed by atoms with Gasteiger partial charge in [0.25, 0.3) is 0 Å². The average molecular weight is 264 g/mol. The molecule has 0 aliphatic rings. The van der Waals surface area contributed by atoms with Crippen LogP contribution >= 0.6 is 0 Å². The van der Waals surface area contributed by atoms with Gasteiger partial charge < -0.3 is 14.9 Å². The highest BCUT2D eigenvalue weighted by Crippen LogP contribution is 2.10. The van der Waals surface area contributed by atoms with Gasteiger partial charge in [0.05, 0.1) is 12.9 Å². The lowest BCUT2D eigenvalue weighted by molar-refractivity contribution is -0.0210. The minimum Gasteiger partial charge on any atom is -0.495 e. The lowest BCUT2D eigenvalue weighted by atomic mass is 10.0. The first-order valence-electron chi connectivity index (χ1n) is 6.91. The van der Waals surface area contributed by atoms with Gasteiger partial charge in [-0.25, -0.2) is 0 Å². The monoisotopic (exact) mass is 264 g/mol. The summed E-state index contributed by atoms with van der Waals surface area (Å²) in [6, 6.07) is 9.83. The molecule has 0 fully saturated rings. The van der Waals surface area contributed by atoms with E-state index in [-0.39, 0.29) is 6.61 Å². The number of aliphatic hydroxyl groups is 2. The second-order valence-electron chi connectivity index (χ2n) is 4.63. The molecule has 1 aromatic carbocycles. The van der Waals surface area contributed by atoms with Gasteiger partial charge in [-0.15, -0.1) is 0 Å². The summed E-state index contributed by atoms with van der Waals surface area (Å²) in [6.07, 6.45) is 6.17. The summed E-state index contributed by atoms with van der Waals surface area (Å²) in [5, 5.41) is 18.8. The molecule has 0 saturated heterocycles. The molecule has 0 aliphatic heterocycles. The number of allylic oxidation sites excluding steroid dienone is 1. The standard InChI is InChI=1S/C16H24O3/c1-2-3-4-8-11-19-16(15(18)13-17)12-14-9-6-5-7-10-14/h5-11,15-18H,2-4,12-13H2,1H3. The molecule has 0 aromatic heterocycles. The maximum absolute atomic E-state index is 9.77.